The Labute approximate surface area is 109 Å². The molecule has 0 aromatic carbocycles. The predicted molar refractivity (Wildman–Crippen MR) is 70.9 cm³/mol. The minimum absolute atomic E-state index is 0.00616. The van der Waals surface area contributed by atoms with E-state index >= 15 is 0 Å². The van der Waals surface area contributed by atoms with Gasteiger partial charge in [-0.05, 0) is 18.8 Å². The summed E-state index contributed by atoms with van der Waals surface area (Å²) >= 11 is 0. The molecule has 2 N–H and O–H groups in total. The molecule has 0 aromatic rings. The molecule has 5 heteroatoms. The van der Waals surface area contributed by atoms with Gasteiger partial charge in [0.05, 0.1) is 6.04 Å². The quantitative estimate of drug-likeness (QED) is 0.795. The SMILES string of the molecule is CC(=O)N(C)C1CCCN(C(=O)C(N)C(C)C)C1. The minimum Gasteiger partial charge on any atom is -0.341 e. The van der Waals surface area contributed by atoms with E-state index in [0.29, 0.717) is 6.54 Å². The van der Waals surface area contributed by atoms with Crippen LogP contribution in [0.4, 0.5) is 0 Å². The molecule has 1 saturated heterocycles. The zero-order valence-corrected chi connectivity index (χ0v) is 11.8. The molecular weight excluding hydrogens is 230 g/mol. The van der Waals surface area contributed by atoms with Crippen LogP contribution in [0.1, 0.15) is 33.6 Å². The van der Waals surface area contributed by atoms with Crippen LogP contribution in [0.5, 0.6) is 0 Å². The van der Waals surface area contributed by atoms with E-state index in [9.17, 15) is 9.59 Å². The molecule has 2 unspecified atom stereocenters. The molecule has 0 saturated carbocycles. The molecule has 2 amide bonds. The topological polar surface area (TPSA) is 66.6 Å². The van der Waals surface area contributed by atoms with E-state index < -0.39 is 6.04 Å². The van der Waals surface area contributed by atoms with Crippen molar-refractivity contribution in [2.24, 2.45) is 11.7 Å². The summed E-state index contributed by atoms with van der Waals surface area (Å²) in [4.78, 5) is 27.1. The standard InChI is InChI=1S/C13H25N3O2/c1-9(2)12(14)13(18)16-7-5-6-11(8-16)15(4)10(3)17/h9,11-12H,5-8,14H2,1-4H3. The zero-order valence-electron chi connectivity index (χ0n) is 11.8. The molecule has 104 valence electrons. The monoisotopic (exact) mass is 255 g/mol. The Hall–Kier alpha value is -1.10. The zero-order chi connectivity index (χ0) is 13.9. The van der Waals surface area contributed by atoms with Gasteiger partial charge in [-0.2, -0.15) is 0 Å². The van der Waals surface area contributed by atoms with E-state index in [2.05, 4.69) is 0 Å². The van der Waals surface area contributed by atoms with E-state index in [0.717, 1.165) is 19.4 Å². The molecule has 5 nitrogen and oxygen atoms in total. The Kier molecular flexibility index (Phi) is 5.14. The third kappa shape index (κ3) is 3.45. The van der Waals surface area contributed by atoms with E-state index in [1.807, 2.05) is 13.8 Å². The number of hydrogen-bond donors (Lipinski definition) is 1. The van der Waals surface area contributed by atoms with Crippen molar-refractivity contribution in [2.45, 2.75) is 45.7 Å². The van der Waals surface area contributed by atoms with Gasteiger partial charge >= 0.3 is 0 Å². The van der Waals surface area contributed by atoms with Gasteiger partial charge in [-0.3, -0.25) is 9.59 Å². The number of nitrogens with zero attached hydrogens (tertiary/aromatic N) is 2. The number of amides is 2. The van der Waals surface area contributed by atoms with Crippen LogP contribution in [-0.4, -0.2) is 53.8 Å². The van der Waals surface area contributed by atoms with Gasteiger partial charge in [0, 0.05) is 33.1 Å². The average Bonchev–Trinajstić information content (AvgIpc) is 2.35. The van der Waals surface area contributed by atoms with Crippen molar-refractivity contribution in [3.05, 3.63) is 0 Å². The normalized spacial score (nSPS) is 21.9. The van der Waals surface area contributed by atoms with Crippen molar-refractivity contribution in [3.63, 3.8) is 0 Å². The Morgan fingerprint density at radius 3 is 2.50 bits per heavy atom. The van der Waals surface area contributed by atoms with Crippen molar-refractivity contribution in [1.29, 1.82) is 0 Å². The summed E-state index contributed by atoms with van der Waals surface area (Å²) in [6.45, 7) is 6.81. The lowest BCUT2D eigenvalue weighted by Gasteiger charge is -2.38. The Morgan fingerprint density at radius 2 is 2.00 bits per heavy atom. The van der Waals surface area contributed by atoms with E-state index in [1.165, 1.54) is 0 Å². The second-order valence-corrected chi connectivity index (χ2v) is 5.48. The summed E-state index contributed by atoms with van der Waals surface area (Å²) in [5.41, 5.74) is 5.90. The molecule has 0 spiro atoms. The fraction of sp³-hybridized carbons (Fsp3) is 0.846. The molecule has 1 rings (SSSR count). The summed E-state index contributed by atoms with van der Waals surface area (Å²) in [5.74, 6) is 0.192. The van der Waals surface area contributed by atoms with Gasteiger partial charge in [0.25, 0.3) is 0 Å². The smallest absolute Gasteiger partial charge is 0.239 e. The third-order valence-corrected chi connectivity index (χ3v) is 3.76. The first-order chi connectivity index (χ1) is 8.34. The van der Waals surface area contributed by atoms with Crippen LogP contribution < -0.4 is 5.73 Å². The second-order valence-electron chi connectivity index (χ2n) is 5.48. The molecule has 1 aliphatic heterocycles. The number of carbonyl (C=O) groups excluding carboxylic acids is 2. The molecular formula is C13H25N3O2. The van der Waals surface area contributed by atoms with Gasteiger partial charge in [-0.1, -0.05) is 13.8 Å². The summed E-state index contributed by atoms with van der Waals surface area (Å²) in [6, 6.07) is -0.314. The number of piperidine rings is 1. The number of likely N-dealkylation sites (N-methyl/N-ethyl adjacent to an activating group) is 1. The summed E-state index contributed by atoms with van der Waals surface area (Å²) in [7, 11) is 1.79. The lowest BCUT2D eigenvalue weighted by Crippen LogP contribution is -2.54. The Balaban J connectivity index is 2.64. The maximum absolute atomic E-state index is 12.2. The van der Waals surface area contributed by atoms with Crippen molar-refractivity contribution >= 4 is 11.8 Å². The molecule has 0 bridgehead atoms. The number of nitrogens with two attached hydrogens (primary N) is 1. The first kappa shape index (κ1) is 15.0. The van der Waals surface area contributed by atoms with Crippen molar-refractivity contribution in [2.75, 3.05) is 20.1 Å². The van der Waals surface area contributed by atoms with Crippen molar-refractivity contribution in [3.8, 4) is 0 Å². The van der Waals surface area contributed by atoms with Crippen LogP contribution >= 0.6 is 0 Å². The van der Waals surface area contributed by atoms with E-state index in [-0.39, 0.29) is 23.8 Å². The van der Waals surface area contributed by atoms with Crippen LogP contribution in [0, 0.1) is 5.92 Å². The number of carbonyl (C=O) groups is 2. The Morgan fingerprint density at radius 1 is 1.39 bits per heavy atom. The lowest BCUT2D eigenvalue weighted by atomic mass is 10.00. The second kappa shape index (κ2) is 6.18. The largest absolute Gasteiger partial charge is 0.341 e. The highest BCUT2D eigenvalue weighted by atomic mass is 16.2. The molecule has 0 radical (unpaired) electrons. The maximum Gasteiger partial charge on any atom is 0.239 e. The number of hydrogen-bond acceptors (Lipinski definition) is 3. The lowest BCUT2D eigenvalue weighted by molar-refractivity contribution is -0.139. The highest BCUT2D eigenvalue weighted by molar-refractivity contribution is 5.82. The molecule has 18 heavy (non-hydrogen) atoms. The molecule has 0 aliphatic carbocycles. The van der Waals surface area contributed by atoms with Crippen molar-refractivity contribution in [1.82, 2.24) is 9.80 Å². The Bertz CT molecular complexity index is 317. The number of rotatable bonds is 3. The minimum atomic E-state index is -0.439. The maximum atomic E-state index is 12.2. The first-order valence-corrected chi connectivity index (χ1v) is 6.62. The van der Waals surface area contributed by atoms with Gasteiger partial charge in [-0.15, -0.1) is 0 Å². The highest BCUT2D eigenvalue weighted by Gasteiger charge is 2.30. The van der Waals surface area contributed by atoms with Crippen LogP contribution in [0.3, 0.4) is 0 Å². The fourth-order valence-corrected chi connectivity index (χ4v) is 2.22. The van der Waals surface area contributed by atoms with Gasteiger partial charge in [-0.25, -0.2) is 0 Å². The highest BCUT2D eigenvalue weighted by Crippen LogP contribution is 2.16. The summed E-state index contributed by atoms with van der Waals surface area (Å²) in [5, 5.41) is 0. The van der Waals surface area contributed by atoms with Crippen molar-refractivity contribution < 1.29 is 9.59 Å². The molecule has 1 heterocycles. The summed E-state index contributed by atoms with van der Waals surface area (Å²) < 4.78 is 0. The molecule has 1 fully saturated rings. The van der Waals surface area contributed by atoms with Gasteiger partial charge in [0.15, 0.2) is 0 Å². The van der Waals surface area contributed by atoms with Crippen LogP contribution in [0.2, 0.25) is 0 Å². The van der Waals surface area contributed by atoms with Gasteiger partial charge in [0.1, 0.15) is 0 Å². The van der Waals surface area contributed by atoms with Gasteiger partial charge in [0.2, 0.25) is 11.8 Å². The van der Waals surface area contributed by atoms with Crippen LogP contribution in [0.15, 0.2) is 0 Å². The fourth-order valence-electron chi connectivity index (χ4n) is 2.22. The van der Waals surface area contributed by atoms with E-state index in [1.54, 1.807) is 23.8 Å². The van der Waals surface area contributed by atoms with E-state index in [4.69, 9.17) is 5.73 Å². The molecule has 2 atom stereocenters. The average molecular weight is 255 g/mol. The third-order valence-electron chi connectivity index (χ3n) is 3.76. The number of likely N-dealkylation sites (tertiary alicyclic amines) is 1. The van der Waals surface area contributed by atoms with Gasteiger partial charge < -0.3 is 15.5 Å². The summed E-state index contributed by atoms with van der Waals surface area (Å²) in [6.07, 6.45) is 1.88. The molecule has 0 aromatic heterocycles. The first-order valence-electron chi connectivity index (χ1n) is 6.62. The molecule has 1 aliphatic rings. The van der Waals surface area contributed by atoms with Crippen LogP contribution in [0.25, 0.3) is 0 Å². The predicted octanol–water partition coefficient (Wildman–Crippen LogP) is 0.439. The van der Waals surface area contributed by atoms with Crippen LogP contribution in [-0.2, 0) is 9.59 Å².